The van der Waals surface area contributed by atoms with E-state index in [0.29, 0.717) is 29.7 Å². The molecule has 25 heavy (non-hydrogen) atoms. The van der Waals surface area contributed by atoms with E-state index in [1.807, 2.05) is 50.2 Å². The maximum Gasteiger partial charge on any atom is 0.162 e. The van der Waals surface area contributed by atoms with Crippen LogP contribution in [0.1, 0.15) is 25.0 Å². The molecule has 2 aromatic rings. The summed E-state index contributed by atoms with van der Waals surface area (Å²) in [4.78, 5) is 0. The number of nitrogens with one attached hydrogen (secondary N) is 1. The number of rotatable bonds is 8. The predicted octanol–water partition coefficient (Wildman–Crippen LogP) is 4.55. The lowest BCUT2D eigenvalue weighted by atomic mass is 10.1. The zero-order valence-electron chi connectivity index (χ0n) is 14.6. The molecule has 2 aromatic carbocycles. The quantitative estimate of drug-likeness (QED) is 0.647. The average molecular weight is 429 g/mol. The van der Waals surface area contributed by atoms with Crippen LogP contribution in [-0.4, -0.2) is 24.4 Å². The molecule has 0 aliphatic carbocycles. The molecule has 0 spiro atoms. The van der Waals surface area contributed by atoms with Gasteiger partial charge in [-0.25, -0.2) is 0 Å². The van der Waals surface area contributed by atoms with Gasteiger partial charge in [0.2, 0.25) is 0 Å². The van der Waals surface area contributed by atoms with Crippen molar-refractivity contribution in [2.75, 3.05) is 13.7 Å². The Bertz CT molecular complexity index is 722. The van der Waals surface area contributed by atoms with Gasteiger partial charge in [-0.1, -0.05) is 39.7 Å². The van der Waals surface area contributed by atoms with E-state index < -0.39 is 0 Å². The molecule has 2 N–H and O–H groups in total. The van der Waals surface area contributed by atoms with Gasteiger partial charge in [0.1, 0.15) is 6.61 Å². The molecule has 0 aliphatic heterocycles. The molecular formula is C19H23BrClNO3. The Morgan fingerprint density at radius 1 is 1.20 bits per heavy atom. The topological polar surface area (TPSA) is 50.7 Å². The monoisotopic (exact) mass is 427 g/mol. The van der Waals surface area contributed by atoms with Gasteiger partial charge in [0.15, 0.2) is 11.5 Å². The summed E-state index contributed by atoms with van der Waals surface area (Å²) in [7, 11) is 1.62. The van der Waals surface area contributed by atoms with Gasteiger partial charge in [0.25, 0.3) is 0 Å². The third-order valence-corrected chi connectivity index (χ3v) is 4.74. The summed E-state index contributed by atoms with van der Waals surface area (Å²) in [6.07, 6.45) is 0. The lowest BCUT2D eigenvalue weighted by Gasteiger charge is -2.24. The maximum absolute atomic E-state index is 9.36. The molecule has 0 atom stereocenters. The second-order valence-corrected chi connectivity index (χ2v) is 7.70. The first-order chi connectivity index (χ1) is 11.8. The van der Waals surface area contributed by atoms with Crippen LogP contribution in [0.4, 0.5) is 0 Å². The second kappa shape index (κ2) is 8.90. The highest BCUT2D eigenvalue weighted by Crippen LogP contribution is 2.34. The van der Waals surface area contributed by atoms with E-state index in [1.54, 1.807) is 7.11 Å². The van der Waals surface area contributed by atoms with Crippen LogP contribution in [-0.2, 0) is 13.2 Å². The van der Waals surface area contributed by atoms with Crippen LogP contribution in [0.25, 0.3) is 0 Å². The van der Waals surface area contributed by atoms with Crippen LogP contribution in [0.3, 0.4) is 0 Å². The van der Waals surface area contributed by atoms with Gasteiger partial charge >= 0.3 is 0 Å². The number of methoxy groups -OCH3 is 1. The van der Waals surface area contributed by atoms with Crippen molar-refractivity contribution in [3.63, 3.8) is 0 Å². The lowest BCUT2D eigenvalue weighted by Crippen LogP contribution is -2.42. The minimum atomic E-state index is -0.353. The van der Waals surface area contributed by atoms with Crippen molar-refractivity contribution in [2.45, 2.75) is 32.5 Å². The fourth-order valence-corrected chi connectivity index (χ4v) is 2.84. The van der Waals surface area contributed by atoms with Gasteiger partial charge in [-0.05, 0) is 49.2 Å². The van der Waals surface area contributed by atoms with Gasteiger partial charge in [0, 0.05) is 21.6 Å². The van der Waals surface area contributed by atoms with Crippen molar-refractivity contribution in [2.24, 2.45) is 0 Å². The summed E-state index contributed by atoms with van der Waals surface area (Å²) < 4.78 is 12.3. The van der Waals surface area contributed by atoms with E-state index in [1.165, 1.54) is 0 Å². The summed E-state index contributed by atoms with van der Waals surface area (Å²) in [5.74, 6) is 1.31. The second-order valence-electron chi connectivity index (χ2n) is 6.41. The highest BCUT2D eigenvalue weighted by atomic mass is 79.9. The Balaban J connectivity index is 2.12. The van der Waals surface area contributed by atoms with Crippen LogP contribution >= 0.6 is 27.5 Å². The minimum Gasteiger partial charge on any atom is -0.493 e. The molecular weight excluding hydrogens is 406 g/mol. The molecule has 0 radical (unpaired) electrons. The maximum atomic E-state index is 9.36. The zero-order valence-corrected chi connectivity index (χ0v) is 16.9. The molecule has 4 nitrogen and oxygen atoms in total. The van der Waals surface area contributed by atoms with E-state index in [2.05, 4.69) is 21.2 Å². The Kier molecular flexibility index (Phi) is 7.14. The molecule has 0 unspecified atom stereocenters. The van der Waals surface area contributed by atoms with E-state index in [-0.39, 0.29) is 12.1 Å². The number of aliphatic hydroxyl groups is 1. The van der Waals surface area contributed by atoms with Gasteiger partial charge < -0.3 is 19.9 Å². The molecule has 0 heterocycles. The highest BCUT2D eigenvalue weighted by Gasteiger charge is 2.17. The van der Waals surface area contributed by atoms with Crippen molar-refractivity contribution >= 4 is 27.5 Å². The van der Waals surface area contributed by atoms with E-state index in [9.17, 15) is 5.11 Å². The normalized spacial score (nSPS) is 11.4. The first-order valence-electron chi connectivity index (χ1n) is 7.94. The standard InChI is InChI=1S/C19H23BrClNO3/c1-19(2,12-23)22-10-14-8-17(24-3)18(9-16(14)20)25-11-13-5-4-6-15(21)7-13/h4-9,22-23H,10-12H2,1-3H3. The number of hydrogen-bond acceptors (Lipinski definition) is 4. The molecule has 0 fully saturated rings. The Hall–Kier alpha value is -1.27. The first-order valence-corrected chi connectivity index (χ1v) is 9.11. The Morgan fingerprint density at radius 2 is 1.96 bits per heavy atom. The Labute approximate surface area is 162 Å². The summed E-state index contributed by atoms with van der Waals surface area (Å²) >= 11 is 9.58. The molecule has 136 valence electrons. The lowest BCUT2D eigenvalue weighted by molar-refractivity contribution is 0.187. The SMILES string of the molecule is COc1cc(CNC(C)(C)CO)c(Br)cc1OCc1cccc(Cl)c1. The van der Waals surface area contributed by atoms with E-state index in [0.717, 1.165) is 15.6 Å². The van der Waals surface area contributed by atoms with Crippen LogP contribution in [0.15, 0.2) is 40.9 Å². The van der Waals surface area contributed by atoms with E-state index in [4.69, 9.17) is 21.1 Å². The number of halogens is 2. The third-order valence-electron chi connectivity index (χ3n) is 3.77. The van der Waals surface area contributed by atoms with Crippen molar-refractivity contribution in [1.29, 1.82) is 0 Å². The highest BCUT2D eigenvalue weighted by molar-refractivity contribution is 9.10. The van der Waals surface area contributed by atoms with Crippen molar-refractivity contribution in [3.8, 4) is 11.5 Å². The summed E-state index contributed by atoms with van der Waals surface area (Å²) in [5, 5.41) is 13.3. The van der Waals surface area contributed by atoms with Crippen LogP contribution < -0.4 is 14.8 Å². The van der Waals surface area contributed by atoms with Crippen molar-refractivity contribution in [3.05, 3.63) is 57.0 Å². The molecule has 6 heteroatoms. The summed E-state index contributed by atoms with van der Waals surface area (Å²) in [6, 6.07) is 11.4. The third kappa shape index (κ3) is 5.89. The minimum absolute atomic E-state index is 0.0581. The molecule has 2 rings (SSSR count). The van der Waals surface area contributed by atoms with Gasteiger partial charge in [0.05, 0.1) is 13.7 Å². The average Bonchev–Trinajstić information content (AvgIpc) is 2.59. The molecule has 0 saturated carbocycles. The fraction of sp³-hybridized carbons (Fsp3) is 0.368. The van der Waals surface area contributed by atoms with Crippen molar-refractivity contribution in [1.82, 2.24) is 5.32 Å². The van der Waals surface area contributed by atoms with Gasteiger partial charge in [-0.15, -0.1) is 0 Å². The predicted molar refractivity (Wildman–Crippen MR) is 104 cm³/mol. The Morgan fingerprint density at radius 3 is 2.60 bits per heavy atom. The van der Waals surface area contributed by atoms with Crippen LogP contribution in [0.2, 0.25) is 5.02 Å². The van der Waals surface area contributed by atoms with Crippen molar-refractivity contribution < 1.29 is 14.6 Å². The van der Waals surface area contributed by atoms with Gasteiger partial charge in [-0.3, -0.25) is 0 Å². The van der Waals surface area contributed by atoms with Crippen LogP contribution in [0, 0.1) is 0 Å². The molecule has 0 aliphatic rings. The summed E-state index contributed by atoms with van der Waals surface area (Å²) in [6.45, 7) is 4.95. The first kappa shape index (κ1) is 20.0. The number of aliphatic hydroxyl groups excluding tert-OH is 1. The molecule has 0 saturated heterocycles. The molecule has 0 amide bonds. The van der Waals surface area contributed by atoms with Gasteiger partial charge in [-0.2, -0.15) is 0 Å². The number of benzene rings is 2. The van der Waals surface area contributed by atoms with Crippen LogP contribution in [0.5, 0.6) is 11.5 Å². The summed E-state index contributed by atoms with van der Waals surface area (Å²) in [5.41, 5.74) is 1.66. The zero-order chi connectivity index (χ0) is 18.4. The fourth-order valence-electron chi connectivity index (χ4n) is 2.16. The smallest absolute Gasteiger partial charge is 0.162 e. The number of hydrogen-bond donors (Lipinski definition) is 2. The number of ether oxygens (including phenoxy) is 2. The largest absolute Gasteiger partial charge is 0.493 e. The molecule has 0 aromatic heterocycles. The molecule has 0 bridgehead atoms. The van der Waals surface area contributed by atoms with E-state index >= 15 is 0 Å².